The van der Waals surface area contributed by atoms with Crippen LogP contribution in [0, 0.1) is 6.92 Å². The Labute approximate surface area is 115 Å². The van der Waals surface area contributed by atoms with Crippen LogP contribution in [0.25, 0.3) is 21.9 Å². The van der Waals surface area contributed by atoms with Crippen LogP contribution in [0.5, 0.6) is 0 Å². The molecule has 0 saturated carbocycles. The molecule has 0 bridgehead atoms. The maximum absolute atomic E-state index is 9.18. The van der Waals surface area contributed by atoms with Crippen LogP contribution in [-0.2, 0) is 12.8 Å². The van der Waals surface area contributed by atoms with Crippen molar-refractivity contribution in [1.82, 2.24) is 0 Å². The Morgan fingerprint density at radius 3 is 2.65 bits per heavy atom. The van der Waals surface area contributed by atoms with Crippen molar-refractivity contribution in [1.29, 1.82) is 0 Å². The van der Waals surface area contributed by atoms with Crippen molar-refractivity contribution in [2.45, 2.75) is 32.6 Å². The van der Waals surface area contributed by atoms with Crippen LogP contribution in [0.1, 0.15) is 29.5 Å². The topological polar surface area (TPSA) is 58.9 Å². The molecule has 2 heterocycles. The zero-order valence-electron chi connectivity index (χ0n) is 11.3. The van der Waals surface area contributed by atoms with Crippen molar-refractivity contribution < 1.29 is 14.0 Å². The van der Waals surface area contributed by atoms with Crippen molar-refractivity contribution in [2.75, 3.05) is 0 Å². The Balaban J connectivity index is 2.19. The highest BCUT2D eigenvalue weighted by molar-refractivity contribution is 5.96. The summed E-state index contributed by atoms with van der Waals surface area (Å²) in [6.45, 7) is 2.04. The number of furan rings is 1. The van der Waals surface area contributed by atoms with E-state index in [1.807, 2.05) is 13.0 Å². The van der Waals surface area contributed by atoms with Crippen LogP contribution in [0.4, 0.5) is 0 Å². The Kier molecular flexibility index (Phi) is 2.39. The second kappa shape index (κ2) is 4.13. The number of fused-ring (bicyclic) bond motifs is 4. The van der Waals surface area contributed by atoms with Gasteiger partial charge in [0.05, 0.1) is 6.26 Å². The fourth-order valence-electron chi connectivity index (χ4n) is 3.19. The van der Waals surface area contributed by atoms with E-state index >= 15 is 0 Å². The van der Waals surface area contributed by atoms with Crippen molar-refractivity contribution in [2.24, 2.45) is 5.16 Å². The minimum absolute atomic E-state index is 0.342. The van der Waals surface area contributed by atoms with Gasteiger partial charge in [0.25, 0.3) is 5.55 Å². The van der Waals surface area contributed by atoms with E-state index in [1.165, 1.54) is 12.0 Å². The lowest BCUT2D eigenvalue weighted by Crippen LogP contribution is -2.17. The summed E-state index contributed by atoms with van der Waals surface area (Å²) in [4.78, 5) is 0. The summed E-state index contributed by atoms with van der Waals surface area (Å²) >= 11 is 0. The average Bonchev–Trinajstić information content (AvgIpc) is 2.85. The average molecular weight is 269 g/mol. The first kappa shape index (κ1) is 11.6. The smallest absolute Gasteiger partial charge is 0.259 e. The first-order chi connectivity index (χ1) is 9.78. The molecule has 0 spiro atoms. The largest absolute Gasteiger partial charge is 0.464 e. The molecule has 1 N–H and O–H groups in total. The molecule has 102 valence electrons. The van der Waals surface area contributed by atoms with Crippen molar-refractivity contribution >= 4 is 21.9 Å². The van der Waals surface area contributed by atoms with Gasteiger partial charge in [0.1, 0.15) is 11.2 Å². The maximum Gasteiger partial charge on any atom is 0.259 e. The molecule has 0 amide bonds. The van der Waals surface area contributed by atoms with Gasteiger partial charge >= 0.3 is 0 Å². The van der Waals surface area contributed by atoms with E-state index in [9.17, 15) is 5.21 Å². The number of nitrogens with zero attached hydrogens (tertiary/aromatic N) is 1. The summed E-state index contributed by atoms with van der Waals surface area (Å²) < 4.78 is 11.3. The van der Waals surface area contributed by atoms with Crippen LogP contribution in [0.2, 0.25) is 0 Å². The molecule has 1 aliphatic rings. The van der Waals surface area contributed by atoms with Crippen molar-refractivity contribution in [3.8, 4) is 0 Å². The molecule has 3 aromatic rings. The number of rotatable bonds is 0. The highest BCUT2D eigenvalue weighted by Crippen LogP contribution is 2.31. The molecule has 0 fully saturated rings. The van der Waals surface area contributed by atoms with Gasteiger partial charge in [-0.15, -0.1) is 0 Å². The van der Waals surface area contributed by atoms with Crippen LogP contribution in [0.3, 0.4) is 0 Å². The molecule has 1 aromatic carbocycles. The summed E-state index contributed by atoms with van der Waals surface area (Å²) in [5, 5.41) is 14.7. The fourth-order valence-corrected chi connectivity index (χ4v) is 3.19. The first-order valence-corrected chi connectivity index (χ1v) is 6.92. The molecule has 1 aliphatic carbocycles. The number of hydrogen-bond donors (Lipinski definition) is 1. The van der Waals surface area contributed by atoms with Gasteiger partial charge in [-0.1, -0.05) is 0 Å². The van der Waals surface area contributed by atoms with E-state index in [-0.39, 0.29) is 0 Å². The molecule has 0 atom stereocenters. The minimum Gasteiger partial charge on any atom is -0.464 e. The number of hydrogen-bond acceptors (Lipinski definition) is 4. The second-order valence-corrected chi connectivity index (χ2v) is 5.43. The minimum atomic E-state index is 0.342. The molecule has 4 heteroatoms. The summed E-state index contributed by atoms with van der Waals surface area (Å²) in [5.41, 5.74) is 5.30. The standard InChI is InChI=1S/C16H15NO3/c1-9-8-19-14-7-15-13(6-12(9)14)10-4-2-3-5-11(10)16(17-18)20-15/h6-8,18H,2-5H2,1H3/b17-16-. The molecule has 0 unspecified atom stereocenters. The van der Waals surface area contributed by atoms with Crippen LogP contribution >= 0.6 is 0 Å². The van der Waals surface area contributed by atoms with E-state index in [0.29, 0.717) is 5.55 Å². The third kappa shape index (κ3) is 1.51. The van der Waals surface area contributed by atoms with Gasteiger partial charge in [0.2, 0.25) is 0 Å². The Morgan fingerprint density at radius 1 is 1.05 bits per heavy atom. The Bertz CT molecular complexity index is 886. The molecule has 4 nitrogen and oxygen atoms in total. The van der Waals surface area contributed by atoms with Gasteiger partial charge in [0, 0.05) is 22.4 Å². The van der Waals surface area contributed by atoms with Gasteiger partial charge in [-0.05, 0) is 55.0 Å². The third-order valence-corrected chi connectivity index (χ3v) is 4.22. The van der Waals surface area contributed by atoms with Crippen LogP contribution in [0.15, 0.2) is 32.4 Å². The number of benzene rings is 1. The molecule has 0 aliphatic heterocycles. The van der Waals surface area contributed by atoms with Gasteiger partial charge in [-0.3, -0.25) is 0 Å². The van der Waals surface area contributed by atoms with Gasteiger partial charge in [0.15, 0.2) is 0 Å². The fraction of sp³-hybridized carbons (Fsp3) is 0.312. The molecule has 0 saturated heterocycles. The predicted molar refractivity (Wildman–Crippen MR) is 74.7 cm³/mol. The van der Waals surface area contributed by atoms with E-state index < -0.39 is 0 Å². The van der Waals surface area contributed by atoms with E-state index in [0.717, 1.165) is 52.3 Å². The maximum atomic E-state index is 9.18. The molecule has 4 rings (SSSR count). The highest BCUT2D eigenvalue weighted by atomic mass is 16.5. The van der Waals surface area contributed by atoms with Gasteiger partial charge in [-0.2, -0.15) is 0 Å². The van der Waals surface area contributed by atoms with Gasteiger partial charge in [-0.25, -0.2) is 0 Å². The summed E-state index contributed by atoms with van der Waals surface area (Å²) in [6.07, 6.45) is 5.96. The quantitative estimate of drug-likeness (QED) is 0.500. The van der Waals surface area contributed by atoms with E-state index in [4.69, 9.17) is 8.83 Å². The Morgan fingerprint density at radius 2 is 1.85 bits per heavy atom. The van der Waals surface area contributed by atoms with E-state index in [1.54, 1.807) is 6.26 Å². The second-order valence-electron chi connectivity index (χ2n) is 5.43. The number of aryl methyl sites for hydroxylation is 2. The SMILES string of the molecule is Cc1coc2cc3o/c(=N\O)c4c(c3cc12)CCCC4. The van der Waals surface area contributed by atoms with Crippen LogP contribution in [-0.4, -0.2) is 5.21 Å². The van der Waals surface area contributed by atoms with E-state index in [2.05, 4.69) is 11.2 Å². The molecule has 0 radical (unpaired) electrons. The van der Waals surface area contributed by atoms with Gasteiger partial charge < -0.3 is 14.0 Å². The van der Waals surface area contributed by atoms with Crippen LogP contribution < -0.4 is 5.55 Å². The summed E-state index contributed by atoms with van der Waals surface area (Å²) in [5.74, 6) is 0. The monoisotopic (exact) mass is 269 g/mol. The third-order valence-electron chi connectivity index (χ3n) is 4.22. The highest BCUT2D eigenvalue weighted by Gasteiger charge is 2.18. The summed E-state index contributed by atoms with van der Waals surface area (Å²) in [7, 11) is 0. The summed E-state index contributed by atoms with van der Waals surface area (Å²) in [6, 6.07) is 4.03. The molecular weight excluding hydrogens is 254 g/mol. The van der Waals surface area contributed by atoms with Crippen molar-refractivity contribution in [3.63, 3.8) is 0 Å². The normalized spacial score (nSPS) is 15.9. The van der Waals surface area contributed by atoms with Crippen molar-refractivity contribution in [3.05, 3.63) is 40.6 Å². The lowest BCUT2D eigenvalue weighted by Gasteiger charge is -2.17. The Hall–Kier alpha value is -2.23. The lowest BCUT2D eigenvalue weighted by atomic mass is 9.90. The zero-order valence-corrected chi connectivity index (χ0v) is 11.3. The first-order valence-electron chi connectivity index (χ1n) is 6.92. The molecule has 2 aromatic heterocycles. The molecule has 20 heavy (non-hydrogen) atoms. The molecular formula is C16H15NO3. The zero-order chi connectivity index (χ0) is 13.7. The lowest BCUT2D eigenvalue weighted by molar-refractivity contribution is 0.274. The predicted octanol–water partition coefficient (Wildman–Crippen LogP) is 3.66.